The van der Waals surface area contributed by atoms with E-state index in [9.17, 15) is 0 Å². The first kappa shape index (κ1) is 18.1. The number of H-pyrrole nitrogens is 1. The SMILES string of the molecule is C(#Cc1ccnc(-c2ccnc(N3CCn4cnnc4C3)n2)n1)c1ccc2[nH]ncc2c1. The number of hydrogen-bond acceptors (Lipinski definition) is 8. The van der Waals surface area contributed by atoms with Gasteiger partial charge in [0.1, 0.15) is 17.7 Å². The average molecular weight is 420 g/mol. The summed E-state index contributed by atoms with van der Waals surface area (Å²) in [6.45, 7) is 2.18. The molecule has 0 fully saturated rings. The van der Waals surface area contributed by atoms with Gasteiger partial charge in [-0.1, -0.05) is 5.92 Å². The molecule has 32 heavy (non-hydrogen) atoms. The predicted octanol–water partition coefficient (Wildman–Crippen LogP) is 1.82. The van der Waals surface area contributed by atoms with Crippen LogP contribution in [0.5, 0.6) is 0 Å². The number of rotatable bonds is 2. The fraction of sp³-hybridized carbons (Fsp3) is 0.136. The maximum Gasteiger partial charge on any atom is 0.226 e. The standard InChI is InChI=1S/C22H16N10/c1(15-2-4-18-16(11-15)12-25-29-18)3-17-5-7-23-21(27-17)19-6-8-24-22(28-19)31-9-10-32-14-26-30-20(32)13-31/h2,4-8,11-12,14H,9-10,13H2,(H,25,29). The number of nitrogens with zero attached hydrogens (tertiary/aromatic N) is 9. The third-order valence-electron chi connectivity index (χ3n) is 5.22. The molecule has 6 rings (SSSR count). The van der Waals surface area contributed by atoms with E-state index >= 15 is 0 Å². The number of hydrogen-bond donors (Lipinski definition) is 1. The molecule has 0 aliphatic carbocycles. The van der Waals surface area contributed by atoms with Gasteiger partial charge in [0.05, 0.1) is 18.3 Å². The molecule has 0 amide bonds. The lowest BCUT2D eigenvalue weighted by atomic mass is 10.1. The Balaban J connectivity index is 1.27. The van der Waals surface area contributed by atoms with Crippen molar-refractivity contribution in [2.45, 2.75) is 13.1 Å². The zero-order valence-electron chi connectivity index (χ0n) is 16.8. The summed E-state index contributed by atoms with van der Waals surface area (Å²) in [4.78, 5) is 20.2. The van der Waals surface area contributed by atoms with Crippen LogP contribution in [0.1, 0.15) is 17.1 Å². The second-order valence-electron chi connectivity index (χ2n) is 7.29. The van der Waals surface area contributed by atoms with Crippen molar-refractivity contribution in [1.29, 1.82) is 0 Å². The summed E-state index contributed by atoms with van der Waals surface area (Å²) in [6.07, 6.45) is 6.94. The van der Waals surface area contributed by atoms with Crippen molar-refractivity contribution >= 4 is 16.9 Å². The molecule has 1 aromatic carbocycles. The zero-order valence-corrected chi connectivity index (χ0v) is 16.8. The number of nitrogens with one attached hydrogen (secondary N) is 1. The highest BCUT2D eigenvalue weighted by atomic mass is 15.4. The minimum Gasteiger partial charge on any atom is -0.331 e. The molecule has 1 N–H and O–H groups in total. The van der Waals surface area contributed by atoms with Crippen molar-refractivity contribution in [2.75, 3.05) is 11.4 Å². The van der Waals surface area contributed by atoms with Crippen LogP contribution in [-0.4, -0.2) is 51.4 Å². The highest BCUT2D eigenvalue weighted by molar-refractivity contribution is 5.79. The molecule has 10 nitrogen and oxygen atoms in total. The lowest BCUT2D eigenvalue weighted by Gasteiger charge is -2.27. The van der Waals surface area contributed by atoms with E-state index in [2.05, 4.69) is 57.1 Å². The van der Waals surface area contributed by atoms with E-state index < -0.39 is 0 Å². The summed E-state index contributed by atoms with van der Waals surface area (Å²) in [5.41, 5.74) is 3.13. The number of aromatic amines is 1. The maximum atomic E-state index is 4.69. The fourth-order valence-corrected chi connectivity index (χ4v) is 3.57. The Morgan fingerprint density at radius 3 is 2.94 bits per heavy atom. The van der Waals surface area contributed by atoms with Gasteiger partial charge in [-0.05, 0) is 36.3 Å². The molecule has 1 aliphatic heterocycles. The maximum absolute atomic E-state index is 4.69. The van der Waals surface area contributed by atoms with Gasteiger partial charge >= 0.3 is 0 Å². The number of aromatic nitrogens is 9. The van der Waals surface area contributed by atoms with Gasteiger partial charge in [-0.15, -0.1) is 10.2 Å². The molecular formula is C22H16N10. The van der Waals surface area contributed by atoms with Crippen molar-refractivity contribution in [3.63, 3.8) is 0 Å². The van der Waals surface area contributed by atoms with E-state index in [0.29, 0.717) is 29.7 Å². The van der Waals surface area contributed by atoms with E-state index in [-0.39, 0.29) is 0 Å². The van der Waals surface area contributed by atoms with Gasteiger partial charge < -0.3 is 9.47 Å². The molecule has 0 bridgehead atoms. The highest BCUT2D eigenvalue weighted by Gasteiger charge is 2.20. The van der Waals surface area contributed by atoms with Gasteiger partial charge in [0.2, 0.25) is 5.95 Å². The molecule has 154 valence electrons. The molecule has 0 unspecified atom stereocenters. The molecule has 0 radical (unpaired) electrons. The molecular weight excluding hydrogens is 404 g/mol. The van der Waals surface area contributed by atoms with E-state index in [1.807, 2.05) is 22.8 Å². The summed E-state index contributed by atoms with van der Waals surface area (Å²) in [5, 5.41) is 16.1. The molecule has 1 aliphatic rings. The van der Waals surface area contributed by atoms with E-state index in [4.69, 9.17) is 0 Å². The fourth-order valence-electron chi connectivity index (χ4n) is 3.57. The number of fused-ring (bicyclic) bond motifs is 2. The van der Waals surface area contributed by atoms with Gasteiger partial charge in [-0.3, -0.25) is 5.10 Å². The molecule has 4 aromatic heterocycles. The lowest BCUT2D eigenvalue weighted by Crippen LogP contribution is -2.34. The number of benzene rings is 1. The Kier molecular flexibility index (Phi) is 4.28. The van der Waals surface area contributed by atoms with Crippen molar-refractivity contribution in [2.24, 2.45) is 0 Å². The number of anilines is 1. The normalized spacial score (nSPS) is 12.9. The van der Waals surface area contributed by atoms with Gasteiger partial charge in [-0.25, -0.2) is 19.9 Å². The van der Waals surface area contributed by atoms with Crippen LogP contribution in [0.2, 0.25) is 0 Å². The average Bonchev–Trinajstić information content (AvgIpc) is 3.51. The van der Waals surface area contributed by atoms with Gasteiger partial charge in [-0.2, -0.15) is 5.10 Å². The molecule has 0 saturated heterocycles. The highest BCUT2D eigenvalue weighted by Crippen LogP contribution is 2.19. The van der Waals surface area contributed by atoms with Crippen molar-refractivity contribution in [1.82, 2.24) is 44.9 Å². The second kappa shape index (κ2) is 7.55. The Bertz CT molecular complexity index is 1490. The minimum atomic E-state index is 0.505. The first-order valence-corrected chi connectivity index (χ1v) is 10.1. The molecule has 0 spiro atoms. The van der Waals surface area contributed by atoms with Crippen molar-refractivity contribution < 1.29 is 0 Å². The monoisotopic (exact) mass is 420 g/mol. The topological polar surface area (TPSA) is 114 Å². The van der Waals surface area contributed by atoms with E-state index in [0.717, 1.165) is 35.4 Å². The summed E-state index contributed by atoms with van der Waals surface area (Å²) < 4.78 is 2.04. The van der Waals surface area contributed by atoms with Crippen molar-refractivity contribution in [3.05, 3.63) is 72.3 Å². The summed E-state index contributed by atoms with van der Waals surface area (Å²) >= 11 is 0. The lowest BCUT2D eigenvalue weighted by molar-refractivity contribution is 0.551. The first-order valence-electron chi connectivity index (χ1n) is 10.1. The van der Waals surface area contributed by atoms with Crippen LogP contribution in [0, 0.1) is 11.8 Å². The smallest absolute Gasteiger partial charge is 0.226 e. The van der Waals surface area contributed by atoms with Gasteiger partial charge in [0.25, 0.3) is 0 Å². The van der Waals surface area contributed by atoms with Crippen LogP contribution in [0.3, 0.4) is 0 Å². The largest absolute Gasteiger partial charge is 0.331 e. The van der Waals surface area contributed by atoms with Crippen LogP contribution in [0.15, 0.2) is 55.2 Å². The molecule has 5 aromatic rings. The summed E-state index contributed by atoms with van der Waals surface area (Å²) in [5.74, 6) is 8.28. The molecule has 0 saturated carbocycles. The van der Waals surface area contributed by atoms with Crippen LogP contribution < -0.4 is 4.90 Å². The Morgan fingerprint density at radius 1 is 0.969 bits per heavy atom. The Labute approximate surface area is 182 Å². The quantitative estimate of drug-likeness (QED) is 0.430. The van der Waals surface area contributed by atoms with Crippen LogP contribution in [0.4, 0.5) is 5.95 Å². The van der Waals surface area contributed by atoms with Gasteiger partial charge in [0, 0.05) is 36.4 Å². The van der Waals surface area contributed by atoms with Gasteiger partial charge in [0.15, 0.2) is 11.6 Å². The van der Waals surface area contributed by atoms with Crippen LogP contribution in [-0.2, 0) is 13.1 Å². The zero-order chi connectivity index (χ0) is 21.3. The third-order valence-corrected chi connectivity index (χ3v) is 5.22. The second-order valence-corrected chi connectivity index (χ2v) is 7.29. The predicted molar refractivity (Wildman–Crippen MR) is 116 cm³/mol. The molecule has 10 heteroatoms. The minimum absolute atomic E-state index is 0.505. The van der Waals surface area contributed by atoms with Crippen LogP contribution >= 0.6 is 0 Å². The van der Waals surface area contributed by atoms with Crippen LogP contribution in [0.25, 0.3) is 22.4 Å². The van der Waals surface area contributed by atoms with E-state index in [1.165, 1.54) is 0 Å². The Hall–Kier alpha value is -4.65. The summed E-state index contributed by atoms with van der Waals surface area (Å²) in [6, 6.07) is 9.49. The van der Waals surface area contributed by atoms with Crippen molar-refractivity contribution in [3.8, 4) is 23.4 Å². The first-order chi connectivity index (χ1) is 15.8. The molecule has 5 heterocycles. The summed E-state index contributed by atoms with van der Waals surface area (Å²) in [7, 11) is 0. The van der Waals surface area contributed by atoms with E-state index in [1.54, 1.807) is 37.1 Å². The third kappa shape index (κ3) is 3.41. The molecule has 0 atom stereocenters. The Morgan fingerprint density at radius 2 is 1.94 bits per heavy atom.